The van der Waals surface area contributed by atoms with Gasteiger partial charge in [0.2, 0.25) is 5.91 Å². The molecule has 2 aromatic heterocycles. The average molecular weight is 335 g/mol. The summed E-state index contributed by atoms with van der Waals surface area (Å²) >= 11 is 0. The Labute approximate surface area is 147 Å². The second-order valence-electron chi connectivity index (χ2n) is 5.99. The Hall–Kier alpha value is -2.99. The lowest BCUT2D eigenvalue weighted by atomic mass is 10.2. The largest absolute Gasteiger partial charge is 0.322 e. The summed E-state index contributed by atoms with van der Waals surface area (Å²) in [5, 5.41) is 7.18. The van der Waals surface area contributed by atoms with Gasteiger partial charge >= 0.3 is 0 Å². The van der Waals surface area contributed by atoms with Gasteiger partial charge in [0.05, 0.1) is 25.0 Å². The van der Waals surface area contributed by atoms with Crippen LogP contribution in [-0.4, -0.2) is 39.2 Å². The van der Waals surface area contributed by atoms with Crippen LogP contribution in [0.4, 0.5) is 5.69 Å². The summed E-state index contributed by atoms with van der Waals surface area (Å²) in [4.78, 5) is 18.2. The summed E-state index contributed by atoms with van der Waals surface area (Å²) in [6, 6.07) is 14.0. The third-order valence-corrected chi connectivity index (χ3v) is 3.69. The van der Waals surface area contributed by atoms with Crippen LogP contribution in [0.25, 0.3) is 0 Å². The maximum absolute atomic E-state index is 12.2. The van der Waals surface area contributed by atoms with Crippen LogP contribution < -0.4 is 5.32 Å². The van der Waals surface area contributed by atoms with E-state index in [4.69, 9.17) is 0 Å². The van der Waals surface area contributed by atoms with Gasteiger partial charge in [-0.3, -0.25) is 19.4 Å². The van der Waals surface area contributed by atoms with Gasteiger partial charge in [-0.15, -0.1) is 0 Å². The highest BCUT2D eigenvalue weighted by Crippen LogP contribution is 2.08. The number of carbonyl (C=O) groups excluding carboxylic acids is 1. The molecule has 1 N–H and O–H groups in total. The minimum absolute atomic E-state index is 0.0642. The van der Waals surface area contributed by atoms with E-state index < -0.39 is 0 Å². The van der Waals surface area contributed by atoms with Crippen LogP contribution in [0.2, 0.25) is 0 Å². The summed E-state index contributed by atoms with van der Waals surface area (Å²) in [6.45, 7) is 1.66. The summed E-state index contributed by atoms with van der Waals surface area (Å²) in [5.74, 6) is -0.0642. The molecule has 0 aliphatic carbocycles. The van der Waals surface area contributed by atoms with Gasteiger partial charge in [-0.2, -0.15) is 5.10 Å². The first-order chi connectivity index (χ1) is 12.2. The van der Waals surface area contributed by atoms with Crippen LogP contribution in [0.3, 0.4) is 0 Å². The summed E-state index contributed by atoms with van der Waals surface area (Å²) in [5.41, 5.74) is 2.95. The zero-order chi connectivity index (χ0) is 17.5. The van der Waals surface area contributed by atoms with Crippen LogP contribution in [0.15, 0.2) is 67.3 Å². The normalized spacial score (nSPS) is 10.8. The molecule has 0 atom stereocenters. The molecule has 0 aliphatic heterocycles. The molecule has 3 aromatic rings. The Kier molecular flexibility index (Phi) is 5.53. The number of nitrogens with zero attached hydrogens (tertiary/aromatic N) is 4. The van der Waals surface area contributed by atoms with Crippen LogP contribution in [0, 0.1) is 0 Å². The number of benzene rings is 1. The van der Waals surface area contributed by atoms with Crippen LogP contribution in [0.1, 0.15) is 11.1 Å². The van der Waals surface area contributed by atoms with Gasteiger partial charge in [0, 0.05) is 25.1 Å². The Morgan fingerprint density at radius 1 is 1.12 bits per heavy atom. The van der Waals surface area contributed by atoms with Gasteiger partial charge in [-0.25, -0.2) is 0 Å². The van der Waals surface area contributed by atoms with E-state index in [1.54, 1.807) is 12.4 Å². The van der Waals surface area contributed by atoms with Gasteiger partial charge in [0.15, 0.2) is 0 Å². The first-order valence-corrected chi connectivity index (χ1v) is 8.13. The molecule has 3 rings (SSSR count). The molecule has 0 unspecified atom stereocenters. The van der Waals surface area contributed by atoms with Crippen molar-refractivity contribution in [3.8, 4) is 0 Å². The highest BCUT2D eigenvalue weighted by atomic mass is 16.2. The fraction of sp³-hybridized carbons (Fsp3) is 0.211. The van der Waals surface area contributed by atoms with Crippen molar-refractivity contribution in [3.63, 3.8) is 0 Å². The molecule has 6 heteroatoms. The molecule has 1 aromatic carbocycles. The number of rotatable bonds is 7. The molecule has 6 nitrogen and oxygen atoms in total. The summed E-state index contributed by atoms with van der Waals surface area (Å²) in [7, 11) is 1.91. The van der Waals surface area contributed by atoms with Crippen molar-refractivity contribution in [1.82, 2.24) is 19.7 Å². The van der Waals surface area contributed by atoms with E-state index in [0.717, 1.165) is 5.56 Å². The van der Waals surface area contributed by atoms with Gasteiger partial charge < -0.3 is 5.32 Å². The topological polar surface area (TPSA) is 63.1 Å². The molecule has 0 saturated carbocycles. The van der Waals surface area contributed by atoms with Gasteiger partial charge in [-0.05, 0) is 24.2 Å². The monoisotopic (exact) mass is 335 g/mol. The van der Waals surface area contributed by atoms with E-state index in [9.17, 15) is 4.79 Å². The Morgan fingerprint density at radius 3 is 2.68 bits per heavy atom. The molecule has 0 radical (unpaired) electrons. The van der Waals surface area contributed by atoms with E-state index in [-0.39, 0.29) is 5.91 Å². The fourth-order valence-electron chi connectivity index (χ4n) is 2.59. The number of hydrogen-bond donors (Lipinski definition) is 1. The predicted molar refractivity (Wildman–Crippen MR) is 97.0 cm³/mol. The van der Waals surface area contributed by atoms with E-state index >= 15 is 0 Å². The zero-order valence-electron chi connectivity index (χ0n) is 14.2. The second kappa shape index (κ2) is 8.21. The zero-order valence-corrected chi connectivity index (χ0v) is 14.2. The van der Waals surface area contributed by atoms with Gasteiger partial charge in [-0.1, -0.05) is 36.4 Å². The number of likely N-dealkylation sites (N-methyl/N-ethyl adjacent to an activating group) is 1. The van der Waals surface area contributed by atoms with Crippen molar-refractivity contribution in [2.24, 2.45) is 0 Å². The van der Waals surface area contributed by atoms with Gasteiger partial charge in [0.25, 0.3) is 0 Å². The Bertz CT molecular complexity index is 801. The molecule has 1 amide bonds. The standard InChI is InChI=1S/C19H21N5O/c1-23(12-17-8-5-9-20-10-17)15-19(25)22-18-11-21-24(14-18)13-16-6-3-2-4-7-16/h2-11,14H,12-13,15H2,1H3,(H,22,25). The minimum Gasteiger partial charge on any atom is -0.322 e. The number of pyridine rings is 1. The molecule has 0 bridgehead atoms. The SMILES string of the molecule is CN(CC(=O)Nc1cnn(Cc2ccccc2)c1)Cc1cccnc1. The third kappa shape index (κ3) is 5.26. The van der Waals surface area contributed by atoms with E-state index in [0.29, 0.717) is 25.3 Å². The van der Waals surface area contributed by atoms with Crippen molar-refractivity contribution < 1.29 is 4.79 Å². The Morgan fingerprint density at radius 2 is 1.92 bits per heavy atom. The molecule has 0 aliphatic rings. The fourth-order valence-corrected chi connectivity index (χ4v) is 2.59. The minimum atomic E-state index is -0.0642. The molecule has 0 spiro atoms. The number of hydrogen-bond acceptors (Lipinski definition) is 4. The van der Waals surface area contributed by atoms with Crippen LogP contribution in [-0.2, 0) is 17.9 Å². The molecular weight excluding hydrogens is 314 g/mol. The van der Waals surface area contributed by atoms with Crippen molar-refractivity contribution in [2.75, 3.05) is 18.9 Å². The quantitative estimate of drug-likeness (QED) is 0.720. The number of carbonyl (C=O) groups is 1. The highest BCUT2D eigenvalue weighted by Gasteiger charge is 2.09. The van der Waals surface area contributed by atoms with Crippen LogP contribution >= 0.6 is 0 Å². The second-order valence-corrected chi connectivity index (χ2v) is 5.99. The van der Waals surface area contributed by atoms with Gasteiger partial charge in [0.1, 0.15) is 0 Å². The number of nitrogens with one attached hydrogen (secondary N) is 1. The van der Waals surface area contributed by atoms with E-state index in [2.05, 4.69) is 15.4 Å². The summed E-state index contributed by atoms with van der Waals surface area (Å²) < 4.78 is 1.81. The average Bonchev–Trinajstić information content (AvgIpc) is 3.03. The lowest BCUT2D eigenvalue weighted by Crippen LogP contribution is -2.29. The third-order valence-electron chi connectivity index (χ3n) is 3.69. The number of aromatic nitrogens is 3. The summed E-state index contributed by atoms with van der Waals surface area (Å²) in [6.07, 6.45) is 7.05. The molecule has 25 heavy (non-hydrogen) atoms. The maximum atomic E-state index is 12.2. The predicted octanol–water partition coefficient (Wildman–Crippen LogP) is 2.40. The van der Waals surface area contributed by atoms with Crippen molar-refractivity contribution in [2.45, 2.75) is 13.1 Å². The molecule has 2 heterocycles. The van der Waals surface area contributed by atoms with Crippen molar-refractivity contribution >= 4 is 11.6 Å². The van der Waals surface area contributed by atoms with Crippen molar-refractivity contribution in [3.05, 3.63) is 78.4 Å². The molecular formula is C19H21N5O. The highest BCUT2D eigenvalue weighted by molar-refractivity contribution is 5.91. The lowest BCUT2D eigenvalue weighted by Gasteiger charge is -2.15. The first-order valence-electron chi connectivity index (χ1n) is 8.13. The molecule has 0 fully saturated rings. The smallest absolute Gasteiger partial charge is 0.238 e. The maximum Gasteiger partial charge on any atom is 0.238 e. The van der Waals surface area contributed by atoms with E-state index in [1.165, 1.54) is 5.56 Å². The first kappa shape index (κ1) is 16.9. The van der Waals surface area contributed by atoms with Crippen LogP contribution in [0.5, 0.6) is 0 Å². The number of amides is 1. The number of anilines is 1. The van der Waals surface area contributed by atoms with E-state index in [1.807, 2.05) is 71.5 Å². The van der Waals surface area contributed by atoms with Crippen molar-refractivity contribution in [1.29, 1.82) is 0 Å². The molecule has 128 valence electrons. The Balaban J connectivity index is 1.49. The lowest BCUT2D eigenvalue weighted by molar-refractivity contribution is -0.117. The molecule has 0 saturated heterocycles.